The van der Waals surface area contributed by atoms with E-state index in [-0.39, 0.29) is 5.56 Å². The van der Waals surface area contributed by atoms with Gasteiger partial charge in [-0.05, 0) is 19.1 Å². The average Bonchev–Trinajstić information content (AvgIpc) is 2.06. The fraction of sp³-hybridized carbons (Fsp3) is 0.333. The Labute approximate surface area is 88.9 Å². The summed E-state index contributed by atoms with van der Waals surface area (Å²) in [5.74, 6) is -0.528. The van der Waals surface area contributed by atoms with Gasteiger partial charge in [-0.25, -0.2) is 0 Å². The van der Waals surface area contributed by atoms with Crippen LogP contribution in [0.2, 0.25) is 5.02 Å². The third-order valence-corrected chi connectivity index (χ3v) is 2.16. The van der Waals surface area contributed by atoms with Crippen LogP contribution in [0, 0.1) is 0 Å². The molecule has 1 aromatic carbocycles. The van der Waals surface area contributed by atoms with Crippen LogP contribution in [-0.4, -0.2) is 10.2 Å². The zero-order valence-corrected chi connectivity index (χ0v) is 8.39. The second-order valence-corrected chi connectivity index (χ2v) is 3.48. The number of rotatable bonds is 1. The van der Waals surface area contributed by atoms with Gasteiger partial charge in [0.2, 0.25) is 0 Å². The minimum Gasteiger partial charge on any atom is -0.506 e. The molecule has 15 heavy (non-hydrogen) atoms. The summed E-state index contributed by atoms with van der Waals surface area (Å²) in [4.78, 5) is 0. The van der Waals surface area contributed by atoms with Gasteiger partial charge in [0, 0.05) is 5.56 Å². The van der Waals surface area contributed by atoms with E-state index in [1.54, 1.807) is 0 Å². The first-order valence-corrected chi connectivity index (χ1v) is 4.39. The molecule has 0 saturated heterocycles. The fourth-order valence-electron chi connectivity index (χ4n) is 1.10. The number of hydrogen-bond acceptors (Lipinski definition) is 2. The van der Waals surface area contributed by atoms with E-state index in [4.69, 9.17) is 16.7 Å². The van der Waals surface area contributed by atoms with Gasteiger partial charge < -0.3 is 10.2 Å². The minimum atomic E-state index is -4.55. The van der Waals surface area contributed by atoms with Crippen molar-refractivity contribution in [3.8, 4) is 5.75 Å². The summed E-state index contributed by atoms with van der Waals surface area (Å²) in [7, 11) is 0. The van der Waals surface area contributed by atoms with Crippen LogP contribution in [0.3, 0.4) is 0 Å². The topological polar surface area (TPSA) is 40.5 Å². The van der Waals surface area contributed by atoms with E-state index in [2.05, 4.69) is 0 Å². The van der Waals surface area contributed by atoms with Gasteiger partial charge in [-0.1, -0.05) is 11.6 Å². The van der Waals surface area contributed by atoms with Crippen molar-refractivity contribution in [3.05, 3.63) is 28.3 Å². The molecule has 0 aliphatic carbocycles. The van der Waals surface area contributed by atoms with Crippen LogP contribution in [0.15, 0.2) is 12.1 Å². The van der Waals surface area contributed by atoms with Crippen LogP contribution in [0.4, 0.5) is 13.2 Å². The molecule has 2 nitrogen and oxygen atoms in total. The monoisotopic (exact) mass is 240 g/mol. The van der Waals surface area contributed by atoms with E-state index in [1.165, 1.54) is 6.92 Å². The molecule has 0 aliphatic rings. The predicted octanol–water partition coefficient (Wildman–Crippen LogP) is 3.12. The number of halogens is 4. The maximum Gasteiger partial charge on any atom is 0.416 e. The summed E-state index contributed by atoms with van der Waals surface area (Å²) in [5.41, 5.74) is -1.24. The summed E-state index contributed by atoms with van der Waals surface area (Å²) in [6.07, 6.45) is -5.77. The average molecular weight is 241 g/mol. The van der Waals surface area contributed by atoms with Crippen molar-refractivity contribution in [2.24, 2.45) is 0 Å². The van der Waals surface area contributed by atoms with Crippen molar-refractivity contribution in [2.45, 2.75) is 19.2 Å². The van der Waals surface area contributed by atoms with Crippen LogP contribution in [0.5, 0.6) is 5.75 Å². The number of aliphatic hydroxyl groups excluding tert-OH is 1. The molecule has 1 unspecified atom stereocenters. The summed E-state index contributed by atoms with van der Waals surface area (Å²) in [6, 6.07) is 1.29. The van der Waals surface area contributed by atoms with Gasteiger partial charge in [0.15, 0.2) is 0 Å². The van der Waals surface area contributed by atoms with E-state index in [9.17, 15) is 18.3 Å². The number of phenolic OH excluding ortho intramolecular Hbond substituents is 1. The van der Waals surface area contributed by atoms with Gasteiger partial charge in [0.1, 0.15) is 5.75 Å². The molecule has 1 aromatic rings. The van der Waals surface area contributed by atoms with Crippen LogP contribution in [0.25, 0.3) is 0 Å². The van der Waals surface area contributed by atoms with E-state index >= 15 is 0 Å². The van der Waals surface area contributed by atoms with Crippen molar-refractivity contribution in [2.75, 3.05) is 0 Å². The molecule has 6 heteroatoms. The Morgan fingerprint density at radius 1 is 1.33 bits per heavy atom. The Kier molecular flexibility index (Phi) is 3.16. The molecule has 0 aromatic heterocycles. The molecule has 0 aliphatic heterocycles. The summed E-state index contributed by atoms with van der Waals surface area (Å²) in [6.45, 7) is 1.24. The first-order valence-electron chi connectivity index (χ1n) is 4.01. The zero-order chi connectivity index (χ0) is 11.8. The number of alkyl halides is 3. The molecule has 0 spiro atoms. The van der Waals surface area contributed by atoms with Crippen LogP contribution >= 0.6 is 11.6 Å². The first-order chi connectivity index (χ1) is 6.73. The van der Waals surface area contributed by atoms with Crippen LogP contribution in [0.1, 0.15) is 24.2 Å². The highest BCUT2D eigenvalue weighted by Crippen LogP contribution is 2.38. The molecule has 0 bridgehead atoms. The molecule has 0 radical (unpaired) electrons. The van der Waals surface area contributed by atoms with Gasteiger partial charge in [0.25, 0.3) is 0 Å². The Morgan fingerprint density at radius 3 is 2.27 bits per heavy atom. The molecular weight excluding hydrogens is 233 g/mol. The number of aromatic hydroxyl groups is 1. The highest BCUT2D eigenvalue weighted by molar-refractivity contribution is 6.32. The van der Waals surface area contributed by atoms with E-state index < -0.39 is 28.6 Å². The van der Waals surface area contributed by atoms with Crippen molar-refractivity contribution >= 4 is 11.6 Å². The highest BCUT2D eigenvalue weighted by Gasteiger charge is 2.32. The minimum absolute atomic E-state index is 0.241. The van der Waals surface area contributed by atoms with Gasteiger partial charge in [-0.2, -0.15) is 13.2 Å². The molecule has 0 fully saturated rings. The van der Waals surface area contributed by atoms with E-state index in [0.29, 0.717) is 12.1 Å². The van der Waals surface area contributed by atoms with E-state index in [1.807, 2.05) is 0 Å². The third kappa shape index (κ3) is 2.54. The second-order valence-electron chi connectivity index (χ2n) is 3.07. The van der Waals surface area contributed by atoms with Gasteiger partial charge in [-0.15, -0.1) is 0 Å². The number of benzene rings is 1. The number of hydrogen-bond donors (Lipinski definition) is 2. The molecule has 84 valence electrons. The molecule has 0 amide bonds. The first kappa shape index (κ1) is 12.1. The summed E-state index contributed by atoms with van der Waals surface area (Å²) >= 11 is 5.41. The van der Waals surface area contributed by atoms with E-state index in [0.717, 1.165) is 0 Å². The molecule has 2 N–H and O–H groups in total. The summed E-state index contributed by atoms with van der Waals surface area (Å²) in [5, 5.41) is 18.0. The highest BCUT2D eigenvalue weighted by atomic mass is 35.5. The Hall–Kier alpha value is -0.940. The van der Waals surface area contributed by atoms with Crippen molar-refractivity contribution in [1.29, 1.82) is 0 Å². The SMILES string of the molecule is CC(O)c1cc(C(F)(F)F)cc(Cl)c1O. The largest absolute Gasteiger partial charge is 0.506 e. The molecule has 1 rings (SSSR count). The molecule has 1 atom stereocenters. The number of phenols is 1. The number of aliphatic hydroxyl groups is 1. The predicted molar refractivity (Wildman–Crippen MR) is 48.8 cm³/mol. The maximum atomic E-state index is 12.3. The lowest BCUT2D eigenvalue weighted by molar-refractivity contribution is -0.137. The Balaban J connectivity index is 3.36. The molecule has 0 heterocycles. The smallest absolute Gasteiger partial charge is 0.416 e. The lowest BCUT2D eigenvalue weighted by atomic mass is 10.1. The summed E-state index contributed by atoms with van der Waals surface area (Å²) < 4.78 is 37.0. The molecular formula is C9H8ClF3O2. The fourth-order valence-corrected chi connectivity index (χ4v) is 1.33. The van der Waals surface area contributed by atoms with Crippen LogP contribution in [-0.2, 0) is 6.18 Å². The van der Waals surface area contributed by atoms with Crippen molar-refractivity contribution < 1.29 is 23.4 Å². The van der Waals surface area contributed by atoms with Gasteiger partial charge in [0.05, 0.1) is 16.7 Å². The van der Waals surface area contributed by atoms with Crippen molar-refractivity contribution in [1.82, 2.24) is 0 Å². The second kappa shape index (κ2) is 3.90. The van der Waals surface area contributed by atoms with Gasteiger partial charge in [-0.3, -0.25) is 0 Å². The lowest BCUT2D eigenvalue weighted by Crippen LogP contribution is -2.06. The third-order valence-electron chi connectivity index (χ3n) is 1.87. The quantitative estimate of drug-likeness (QED) is 0.792. The Bertz CT molecular complexity index is 374. The lowest BCUT2D eigenvalue weighted by Gasteiger charge is -2.13. The maximum absolute atomic E-state index is 12.3. The normalized spacial score (nSPS) is 14.0. The Morgan fingerprint density at radius 2 is 1.87 bits per heavy atom. The molecule has 0 saturated carbocycles. The van der Waals surface area contributed by atoms with Crippen molar-refractivity contribution in [3.63, 3.8) is 0 Å². The van der Waals surface area contributed by atoms with Gasteiger partial charge >= 0.3 is 6.18 Å². The standard InChI is InChI=1S/C9H8ClF3O2/c1-4(14)6-2-5(9(11,12)13)3-7(10)8(6)15/h2-4,14-15H,1H3. The zero-order valence-electron chi connectivity index (χ0n) is 7.64. The van der Waals surface area contributed by atoms with Crippen LogP contribution < -0.4 is 0 Å².